The van der Waals surface area contributed by atoms with Gasteiger partial charge in [0.15, 0.2) is 0 Å². The number of halogens is 1. The van der Waals surface area contributed by atoms with Gasteiger partial charge in [0.25, 0.3) is 5.91 Å². The van der Waals surface area contributed by atoms with E-state index in [-0.39, 0.29) is 24.5 Å². The number of ether oxygens (including phenoxy) is 1. The highest BCUT2D eigenvalue weighted by atomic mass is 35.5. The van der Waals surface area contributed by atoms with Gasteiger partial charge >= 0.3 is 0 Å². The second-order valence-corrected chi connectivity index (χ2v) is 7.74. The van der Waals surface area contributed by atoms with Gasteiger partial charge in [-0.25, -0.2) is 0 Å². The molecule has 2 aromatic carbocycles. The van der Waals surface area contributed by atoms with Crippen molar-refractivity contribution < 1.29 is 14.3 Å². The van der Waals surface area contributed by atoms with Crippen molar-refractivity contribution in [3.63, 3.8) is 0 Å². The maximum absolute atomic E-state index is 12.5. The Balaban J connectivity index is 1.33. The molecule has 0 spiro atoms. The van der Waals surface area contributed by atoms with Gasteiger partial charge < -0.3 is 15.0 Å². The van der Waals surface area contributed by atoms with Crippen molar-refractivity contribution in [1.29, 1.82) is 0 Å². The first-order valence-electron chi connectivity index (χ1n) is 10.2. The molecule has 0 atom stereocenters. The normalized spacial score (nSPS) is 14.3. The van der Waals surface area contributed by atoms with Crippen LogP contribution in [0.2, 0.25) is 5.02 Å². The lowest BCUT2D eigenvalue weighted by Gasteiger charge is -2.33. The number of piperidine rings is 1. The van der Waals surface area contributed by atoms with Gasteiger partial charge in [-0.05, 0) is 17.7 Å². The van der Waals surface area contributed by atoms with E-state index in [1.165, 1.54) is 6.20 Å². The Bertz CT molecular complexity index is 1030. The third-order valence-corrected chi connectivity index (χ3v) is 5.57. The molecule has 1 aliphatic rings. The summed E-state index contributed by atoms with van der Waals surface area (Å²) in [6, 6.07) is 17.3. The van der Waals surface area contributed by atoms with E-state index >= 15 is 0 Å². The van der Waals surface area contributed by atoms with Gasteiger partial charge in [-0.2, -0.15) is 5.10 Å². The molecular formula is C23H23ClN4O3. The second-order valence-electron chi connectivity index (χ2n) is 7.33. The highest BCUT2D eigenvalue weighted by Crippen LogP contribution is 2.37. The minimum Gasteiger partial charge on any atom is -0.488 e. The molecule has 31 heavy (non-hydrogen) atoms. The summed E-state index contributed by atoms with van der Waals surface area (Å²) >= 11 is 6.45. The Morgan fingerprint density at radius 2 is 1.87 bits per heavy atom. The molecule has 160 valence electrons. The molecule has 0 bridgehead atoms. The molecule has 2 amide bonds. The minimum atomic E-state index is -0.351. The first-order valence-corrected chi connectivity index (χ1v) is 10.6. The van der Waals surface area contributed by atoms with E-state index in [4.69, 9.17) is 16.3 Å². The number of amides is 2. The van der Waals surface area contributed by atoms with E-state index < -0.39 is 0 Å². The van der Waals surface area contributed by atoms with Crippen LogP contribution in [0.25, 0.3) is 11.1 Å². The van der Waals surface area contributed by atoms with Gasteiger partial charge in [0.2, 0.25) is 5.91 Å². The topological polar surface area (TPSA) is 87.3 Å². The zero-order chi connectivity index (χ0) is 21.6. The molecule has 3 aromatic rings. The Kier molecular flexibility index (Phi) is 6.52. The summed E-state index contributed by atoms with van der Waals surface area (Å²) in [4.78, 5) is 26.1. The molecular weight excluding hydrogens is 416 g/mol. The Morgan fingerprint density at radius 3 is 2.58 bits per heavy atom. The third-order valence-electron chi connectivity index (χ3n) is 5.28. The summed E-state index contributed by atoms with van der Waals surface area (Å²) in [5, 5.41) is 9.49. The quantitative estimate of drug-likeness (QED) is 0.616. The third kappa shape index (κ3) is 5.06. The lowest BCUT2D eigenvalue weighted by atomic mass is 10.0. The molecule has 0 unspecified atom stereocenters. The van der Waals surface area contributed by atoms with Gasteiger partial charge in [-0.3, -0.25) is 14.7 Å². The smallest absolute Gasteiger partial charge is 0.269 e. The summed E-state index contributed by atoms with van der Waals surface area (Å²) in [6.07, 6.45) is 2.84. The lowest BCUT2D eigenvalue weighted by molar-refractivity contribution is -0.131. The van der Waals surface area contributed by atoms with Crippen LogP contribution < -0.4 is 10.1 Å². The van der Waals surface area contributed by atoms with Crippen LogP contribution in [-0.4, -0.2) is 52.6 Å². The number of nitrogens with zero attached hydrogens (tertiary/aromatic N) is 2. The predicted octanol–water partition coefficient (Wildman–Crippen LogP) is 3.53. The number of para-hydroxylation sites is 1. The van der Waals surface area contributed by atoms with Crippen molar-refractivity contribution in [3.8, 4) is 16.9 Å². The number of aromatic nitrogens is 2. The largest absolute Gasteiger partial charge is 0.488 e. The first kappa shape index (κ1) is 20.9. The Morgan fingerprint density at radius 1 is 1.10 bits per heavy atom. The molecule has 1 aromatic heterocycles. The van der Waals surface area contributed by atoms with Gasteiger partial charge in [0.05, 0.1) is 11.6 Å². The van der Waals surface area contributed by atoms with Crippen LogP contribution in [0, 0.1) is 0 Å². The minimum absolute atomic E-state index is 0.0361. The molecule has 2 N–H and O–H groups in total. The Labute approximate surface area is 185 Å². The van der Waals surface area contributed by atoms with Crippen molar-refractivity contribution in [3.05, 3.63) is 71.5 Å². The van der Waals surface area contributed by atoms with Gasteiger partial charge in [0, 0.05) is 37.7 Å². The standard InChI is InChI=1S/C23H23ClN4O3/c24-19-8-4-7-18(16-5-2-1-3-6-16)22(19)31-17-10-13-28(14-11-17)21(29)15-25-23(30)20-9-12-26-27-20/h1-9,12,17H,10-11,13-15H2,(H,25,30)(H,26,27). The molecule has 1 aliphatic heterocycles. The maximum atomic E-state index is 12.5. The zero-order valence-corrected chi connectivity index (χ0v) is 17.6. The van der Waals surface area contributed by atoms with E-state index in [1.807, 2.05) is 48.5 Å². The van der Waals surface area contributed by atoms with Crippen LogP contribution in [0.1, 0.15) is 23.3 Å². The maximum Gasteiger partial charge on any atom is 0.269 e. The molecule has 1 saturated heterocycles. The first-order chi connectivity index (χ1) is 15.1. The number of rotatable bonds is 6. The number of nitrogens with one attached hydrogen (secondary N) is 2. The van der Waals surface area contributed by atoms with E-state index in [0.29, 0.717) is 42.4 Å². The Hall–Kier alpha value is -3.32. The van der Waals surface area contributed by atoms with Crippen LogP contribution in [0.3, 0.4) is 0 Å². The van der Waals surface area contributed by atoms with Gasteiger partial charge in [0.1, 0.15) is 17.5 Å². The van der Waals surface area contributed by atoms with E-state index in [0.717, 1.165) is 11.1 Å². The molecule has 1 fully saturated rings. The summed E-state index contributed by atoms with van der Waals surface area (Å²) in [7, 11) is 0. The number of carbonyl (C=O) groups excluding carboxylic acids is 2. The summed E-state index contributed by atoms with van der Waals surface area (Å²) in [5.74, 6) is 0.206. The van der Waals surface area contributed by atoms with E-state index in [9.17, 15) is 9.59 Å². The predicted molar refractivity (Wildman–Crippen MR) is 118 cm³/mol. The number of aromatic amines is 1. The SMILES string of the molecule is O=C(NCC(=O)N1CCC(Oc2c(Cl)cccc2-c2ccccc2)CC1)c1ccn[nH]1. The molecule has 2 heterocycles. The average Bonchev–Trinajstić information content (AvgIpc) is 3.35. The van der Waals surface area contributed by atoms with Crippen molar-refractivity contribution in [2.24, 2.45) is 0 Å². The fraction of sp³-hybridized carbons (Fsp3) is 0.261. The summed E-state index contributed by atoms with van der Waals surface area (Å²) in [6.45, 7) is 1.08. The average molecular weight is 439 g/mol. The summed E-state index contributed by atoms with van der Waals surface area (Å²) < 4.78 is 6.30. The number of H-pyrrole nitrogens is 1. The second kappa shape index (κ2) is 9.66. The molecule has 0 aliphatic carbocycles. The fourth-order valence-electron chi connectivity index (χ4n) is 3.61. The highest BCUT2D eigenvalue weighted by Gasteiger charge is 2.25. The van der Waals surface area contributed by atoms with Crippen LogP contribution in [0.4, 0.5) is 0 Å². The van der Waals surface area contributed by atoms with Crippen LogP contribution in [0.5, 0.6) is 5.75 Å². The monoisotopic (exact) mass is 438 g/mol. The molecule has 0 saturated carbocycles. The zero-order valence-electron chi connectivity index (χ0n) is 16.9. The van der Waals surface area contributed by atoms with E-state index in [1.54, 1.807) is 11.0 Å². The van der Waals surface area contributed by atoms with Gasteiger partial charge in [-0.1, -0.05) is 54.1 Å². The highest BCUT2D eigenvalue weighted by molar-refractivity contribution is 6.32. The summed E-state index contributed by atoms with van der Waals surface area (Å²) in [5.41, 5.74) is 2.32. The van der Waals surface area contributed by atoms with Crippen molar-refractivity contribution in [2.45, 2.75) is 18.9 Å². The number of hydrogen-bond acceptors (Lipinski definition) is 4. The van der Waals surface area contributed by atoms with Crippen molar-refractivity contribution in [2.75, 3.05) is 19.6 Å². The van der Waals surface area contributed by atoms with Crippen molar-refractivity contribution in [1.82, 2.24) is 20.4 Å². The fourth-order valence-corrected chi connectivity index (χ4v) is 3.83. The van der Waals surface area contributed by atoms with Crippen LogP contribution in [-0.2, 0) is 4.79 Å². The van der Waals surface area contributed by atoms with Gasteiger partial charge in [-0.15, -0.1) is 0 Å². The number of hydrogen-bond donors (Lipinski definition) is 2. The number of carbonyl (C=O) groups is 2. The number of benzene rings is 2. The lowest BCUT2D eigenvalue weighted by Crippen LogP contribution is -2.46. The van der Waals surface area contributed by atoms with Crippen LogP contribution >= 0.6 is 11.6 Å². The molecule has 8 heteroatoms. The molecule has 4 rings (SSSR count). The van der Waals surface area contributed by atoms with Crippen molar-refractivity contribution >= 4 is 23.4 Å². The number of likely N-dealkylation sites (tertiary alicyclic amines) is 1. The molecule has 7 nitrogen and oxygen atoms in total. The van der Waals surface area contributed by atoms with Crippen LogP contribution in [0.15, 0.2) is 60.8 Å². The van der Waals surface area contributed by atoms with E-state index in [2.05, 4.69) is 15.5 Å². The molecule has 0 radical (unpaired) electrons.